The summed E-state index contributed by atoms with van der Waals surface area (Å²) in [6.07, 6.45) is 2.66. The maximum Gasteiger partial charge on any atom is 0.260 e. The number of hydrogen-bond acceptors (Lipinski definition) is 6. The second kappa shape index (κ2) is 7.85. The molecule has 2 saturated heterocycles. The lowest BCUT2D eigenvalue weighted by atomic mass is 9.77. The molecular weight excluding hydrogens is 404 g/mol. The lowest BCUT2D eigenvalue weighted by molar-refractivity contribution is -0.135. The van der Waals surface area contributed by atoms with Crippen molar-refractivity contribution in [3.05, 3.63) is 46.8 Å². The first-order valence-electron chi connectivity index (χ1n) is 11.4. The first-order chi connectivity index (χ1) is 15.4. The monoisotopic (exact) mass is 434 g/mol. The summed E-state index contributed by atoms with van der Waals surface area (Å²) < 4.78 is 0. The summed E-state index contributed by atoms with van der Waals surface area (Å²) in [4.78, 5) is 41.2. The molecule has 0 aromatic carbocycles. The van der Waals surface area contributed by atoms with E-state index in [1.807, 2.05) is 50.2 Å². The molecule has 3 aliphatic rings. The van der Waals surface area contributed by atoms with Crippen molar-refractivity contribution in [1.29, 1.82) is 0 Å². The van der Waals surface area contributed by atoms with E-state index < -0.39 is 0 Å². The summed E-state index contributed by atoms with van der Waals surface area (Å²) in [5.74, 6) is 1.80. The summed E-state index contributed by atoms with van der Waals surface area (Å²) in [7, 11) is 3.79. The van der Waals surface area contributed by atoms with E-state index in [2.05, 4.69) is 15.2 Å². The zero-order valence-electron chi connectivity index (χ0n) is 19.0. The zero-order valence-corrected chi connectivity index (χ0v) is 19.0. The van der Waals surface area contributed by atoms with Crippen LogP contribution in [0.5, 0.6) is 0 Å². The third-order valence-electron chi connectivity index (χ3n) is 7.24. The summed E-state index contributed by atoms with van der Waals surface area (Å²) >= 11 is 0. The van der Waals surface area contributed by atoms with Crippen LogP contribution in [0.4, 0.5) is 11.6 Å². The molecule has 32 heavy (non-hydrogen) atoms. The fourth-order valence-electron chi connectivity index (χ4n) is 5.37. The Hall–Kier alpha value is -3.00. The van der Waals surface area contributed by atoms with Gasteiger partial charge in [-0.15, -0.1) is 0 Å². The van der Waals surface area contributed by atoms with Gasteiger partial charge in [-0.1, -0.05) is 6.07 Å². The molecule has 8 nitrogen and oxygen atoms in total. The van der Waals surface area contributed by atoms with Gasteiger partial charge in [0.1, 0.15) is 11.6 Å². The minimum absolute atomic E-state index is 0.0234. The Morgan fingerprint density at radius 2 is 1.78 bits per heavy atom. The van der Waals surface area contributed by atoms with Crippen molar-refractivity contribution < 1.29 is 9.59 Å². The SMILES string of the molecule is CNCc1nc(C)cc2c1CN(c1cccc(N3CCC4(CCN(C)C4=O)CC3)n1)C2=O. The molecular formula is C24H30N6O2. The smallest absolute Gasteiger partial charge is 0.260 e. The van der Waals surface area contributed by atoms with Crippen LogP contribution in [0, 0.1) is 12.3 Å². The molecule has 0 radical (unpaired) electrons. The topological polar surface area (TPSA) is 81.7 Å². The first kappa shape index (κ1) is 20.9. The van der Waals surface area contributed by atoms with Crippen LogP contribution in [0.3, 0.4) is 0 Å². The van der Waals surface area contributed by atoms with Gasteiger partial charge in [-0.25, -0.2) is 4.98 Å². The van der Waals surface area contributed by atoms with Crippen LogP contribution in [0.1, 0.15) is 46.6 Å². The maximum absolute atomic E-state index is 13.2. The number of aryl methyl sites for hydroxylation is 1. The molecule has 2 fully saturated rings. The third kappa shape index (κ3) is 3.33. The molecule has 0 unspecified atom stereocenters. The van der Waals surface area contributed by atoms with E-state index in [-0.39, 0.29) is 11.3 Å². The van der Waals surface area contributed by atoms with E-state index in [1.165, 1.54) is 0 Å². The predicted molar refractivity (Wildman–Crippen MR) is 123 cm³/mol. The molecule has 0 bridgehead atoms. The molecule has 1 spiro atoms. The molecule has 8 heteroatoms. The van der Waals surface area contributed by atoms with Crippen molar-refractivity contribution in [3.63, 3.8) is 0 Å². The number of carbonyl (C=O) groups excluding carboxylic acids is 2. The average Bonchev–Trinajstić information content (AvgIpc) is 3.27. The number of aromatic nitrogens is 2. The molecule has 2 aromatic heterocycles. The van der Waals surface area contributed by atoms with Gasteiger partial charge in [-0.05, 0) is 51.4 Å². The fraction of sp³-hybridized carbons (Fsp3) is 0.500. The van der Waals surface area contributed by atoms with Crippen LogP contribution >= 0.6 is 0 Å². The Kier molecular flexibility index (Phi) is 5.12. The second-order valence-electron chi connectivity index (χ2n) is 9.26. The molecule has 3 aliphatic heterocycles. The lowest BCUT2D eigenvalue weighted by Gasteiger charge is -2.38. The van der Waals surface area contributed by atoms with E-state index in [4.69, 9.17) is 4.98 Å². The normalized spacial score (nSPS) is 19.9. The van der Waals surface area contributed by atoms with Gasteiger partial charge in [0.2, 0.25) is 5.91 Å². The Labute approximate surface area is 188 Å². The van der Waals surface area contributed by atoms with Gasteiger partial charge >= 0.3 is 0 Å². The number of fused-ring (bicyclic) bond motifs is 1. The highest BCUT2D eigenvalue weighted by Crippen LogP contribution is 2.42. The third-order valence-corrected chi connectivity index (χ3v) is 7.24. The van der Waals surface area contributed by atoms with Crippen LogP contribution in [0.25, 0.3) is 0 Å². The van der Waals surface area contributed by atoms with Crippen LogP contribution < -0.4 is 15.1 Å². The minimum Gasteiger partial charge on any atom is -0.356 e. The molecule has 2 aromatic rings. The number of likely N-dealkylation sites (tertiary alicyclic amines) is 1. The van der Waals surface area contributed by atoms with Gasteiger partial charge in [0.05, 0.1) is 17.7 Å². The number of rotatable bonds is 4. The standard InChI is InChI=1S/C24H30N6O2/c1-16-13-17-18(19(26-16)14-25-2)15-30(22(17)31)21-6-4-5-20(27-21)29-11-8-24(9-12-29)7-10-28(3)23(24)32/h4-6,13,25H,7-12,14-15H2,1-3H3. The number of nitrogens with one attached hydrogen (secondary N) is 1. The molecule has 5 rings (SSSR count). The highest BCUT2D eigenvalue weighted by atomic mass is 16.2. The number of pyridine rings is 2. The predicted octanol–water partition coefficient (Wildman–Crippen LogP) is 2.11. The fourth-order valence-corrected chi connectivity index (χ4v) is 5.37. The highest BCUT2D eigenvalue weighted by Gasteiger charge is 2.47. The largest absolute Gasteiger partial charge is 0.356 e. The van der Waals surface area contributed by atoms with Crippen molar-refractivity contribution >= 4 is 23.5 Å². The Balaban J connectivity index is 1.36. The minimum atomic E-state index is -0.190. The highest BCUT2D eigenvalue weighted by molar-refractivity contribution is 6.09. The molecule has 1 N–H and O–H groups in total. The summed E-state index contributed by atoms with van der Waals surface area (Å²) in [6.45, 7) is 5.50. The van der Waals surface area contributed by atoms with Crippen molar-refractivity contribution in [2.75, 3.05) is 43.5 Å². The van der Waals surface area contributed by atoms with Crippen molar-refractivity contribution in [3.8, 4) is 0 Å². The van der Waals surface area contributed by atoms with Gasteiger partial charge in [0.25, 0.3) is 5.91 Å². The Bertz CT molecular complexity index is 1080. The molecule has 0 atom stereocenters. The van der Waals surface area contributed by atoms with Gasteiger partial charge in [-0.2, -0.15) is 0 Å². The first-order valence-corrected chi connectivity index (χ1v) is 11.4. The number of amides is 2. The summed E-state index contributed by atoms with van der Waals surface area (Å²) in [5.41, 5.74) is 3.27. The quantitative estimate of drug-likeness (QED) is 0.794. The number of piperidine rings is 1. The van der Waals surface area contributed by atoms with Gasteiger partial charge in [0, 0.05) is 50.0 Å². The van der Waals surface area contributed by atoms with Crippen LogP contribution in [0.2, 0.25) is 0 Å². The van der Waals surface area contributed by atoms with Gasteiger partial charge in [0.15, 0.2) is 0 Å². The molecule has 2 amide bonds. The number of hydrogen-bond donors (Lipinski definition) is 1. The molecule has 0 aliphatic carbocycles. The number of carbonyl (C=O) groups is 2. The summed E-state index contributed by atoms with van der Waals surface area (Å²) in [5, 5.41) is 3.15. The van der Waals surface area contributed by atoms with E-state index in [9.17, 15) is 9.59 Å². The van der Waals surface area contributed by atoms with Crippen LogP contribution in [0.15, 0.2) is 24.3 Å². The van der Waals surface area contributed by atoms with Gasteiger partial charge < -0.3 is 15.1 Å². The van der Waals surface area contributed by atoms with Crippen LogP contribution in [-0.4, -0.2) is 60.4 Å². The van der Waals surface area contributed by atoms with Gasteiger partial charge in [-0.3, -0.25) is 19.5 Å². The molecule has 168 valence electrons. The average molecular weight is 435 g/mol. The number of anilines is 2. The van der Waals surface area contributed by atoms with Crippen LogP contribution in [-0.2, 0) is 17.9 Å². The second-order valence-corrected chi connectivity index (χ2v) is 9.26. The zero-order chi connectivity index (χ0) is 22.5. The van der Waals surface area contributed by atoms with E-state index in [0.717, 1.165) is 67.2 Å². The van der Waals surface area contributed by atoms with E-state index in [1.54, 1.807) is 4.90 Å². The van der Waals surface area contributed by atoms with E-state index in [0.29, 0.717) is 24.8 Å². The van der Waals surface area contributed by atoms with Crippen molar-refractivity contribution in [2.45, 2.75) is 39.3 Å². The van der Waals surface area contributed by atoms with E-state index >= 15 is 0 Å². The summed E-state index contributed by atoms with van der Waals surface area (Å²) in [6, 6.07) is 7.73. The lowest BCUT2D eigenvalue weighted by Crippen LogP contribution is -2.44. The Morgan fingerprint density at radius 3 is 2.47 bits per heavy atom. The maximum atomic E-state index is 13.2. The van der Waals surface area contributed by atoms with Crippen molar-refractivity contribution in [1.82, 2.24) is 20.2 Å². The number of nitrogens with zero attached hydrogens (tertiary/aromatic N) is 5. The Morgan fingerprint density at radius 1 is 1.06 bits per heavy atom. The molecule has 5 heterocycles. The molecule has 0 saturated carbocycles. The van der Waals surface area contributed by atoms with Crippen molar-refractivity contribution in [2.24, 2.45) is 5.41 Å².